The molecule has 1 atom stereocenters. The lowest BCUT2D eigenvalue weighted by atomic mass is 10.1. The molecule has 0 bridgehead atoms. The van der Waals surface area contributed by atoms with E-state index in [1.54, 1.807) is 0 Å². The van der Waals surface area contributed by atoms with Crippen molar-refractivity contribution in [2.24, 2.45) is 0 Å². The number of aromatic nitrogens is 1. The van der Waals surface area contributed by atoms with Crippen LogP contribution in [0.2, 0.25) is 0 Å². The Balaban J connectivity index is 1.99. The topological polar surface area (TPSA) is 34.1 Å². The van der Waals surface area contributed by atoms with Gasteiger partial charge in [-0.1, -0.05) is 30.7 Å². The molecule has 3 heteroatoms. The molecule has 0 saturated carbocycles. The summed E-state index contributed by atoms with van der Waals surface area (Å²) in [7, 11) is 0. The lowest BCUT2D eigenvalue weighted by Gasteiger charge is -2.13. The monoisotopic (exact) mass is 270 g/mol. The molecule has 0 fully saturated rings. The van der Waals surface area contributed by atoms with Crippen LogP contribution in [0.25, 0.3) is 0 Å². The fourth-order valence-corrected chi connectivity index (χ4v) is 1.91. The van der Waals surface area contributed by atoms with Gasteiger partial charge in [0, 0.05) is 18.3 Å². The van der Waals surface area contributed by atoms with Crippen molar-refractivity contribution in [3.05, 3.63) is 53.7 Å². The lowest BCUT2D eigenvalue weighted by Crippen LogP contribution is -2.19. The van der Waals surface area contributed by atoms with Crippen molar-refractivity contribution in [3.8, 4) is 11.6 Å². The van der Waals surface area contributed by atoms with Crippen LogP contribution in [0.15, 0.2) is 42.6 Å². The number of aryl methyl sites for hydroxylation is 1. The Morgan fingerprint density at radius 3 is 2.50 bits per heavy atom. The van der Waals surface area contributed by atoms with Gasteiger partial charge in [0.2, 0.25) is 5.88 Å². The third-order valence-electron chi connectivity index (χ3n) is 3.20. The molecule has 1 heterocycles. The van der Waals surface area contributed by atoms with Crippen LogP contribution < -0.4 is 10.1 Å². The van der Waals surface area contributed by atoms with Gasteiger partial charge in [-0.15, -0.1) is 0 Å². The molecular formula is C17H22N2O. The van der Waals surface area contributed by atoms with Crippen LogP contribution in [0.3, 0.4) is 0 Å². The highest BCUT2D eigenvalue weighted by Crippen LogP contribution is 2.21. The van der Waals surface area contributed by atoms with E-state index in [0.29, 0.717) is 11.9 Å². The quantitative estimate of drug-likeness (QED) is 0.852. The maximum atomic E-state index is 5.72. The molecule has 106 valence electrons. The van der Waals surface area contributed by atoms with Gasteiger partial charge < -0.3 is 10.1 Å². The van der Waals surface area contributed by atoms with Crippen LogP contribution in [0.4, 0.5) is 0 Å². The Morgan fingerprint density at radius 2 is 1.90 bits per heavy atom. The van der Waals surface area contributed by atoms with Crippen molar-refractivity contribution in [1.29, 1.82) is 0 Å². The van der Waals surface area contributed by atoms with Crippen LogP contribution in [0, 0.1) is 6.92 Å². The molecule has 0 saturated heterocycles. The van der Waals surface area contributed by atoms with Crippen molar-refractivity contribution in [3.63, 3.8) is 0 Å². The van der Waals surface area contributed by atoms with E-state index in [0.717, 1.165) is 18.7 Å². The number of ether oxygens (including phenoxy) is 1. The minimum atomic E-state index is 0.316. The Bertz CT molecular complexity index is 520. The maximum absolute atomic E-state index is 5.72. The summed E-state index contributed by atoms with van der Waals surface area (Å²) in [6.45, 7) is 7.38. The third-order valence-corrected chi connectivity index (χ3v) is 3.20. The first kappa shape index (κ1) is 14.5. The minimum absolute atomic E-state index is 0.316. The molecule has 1 aromatic heterocycles. The van der Waals surface area contributed by atoms with Gasteiger partial charge in [-0.25, -0.2) is 4.98 Å². The number of rotatable bonds is 6. The van der Waals surface area contributed by atoms with E-state index in [9.17, 15) is 0 Å². The molecular weight excluding hydrogens is 248 g/mol. The van der Waals surface area contributed by atoms with E-state index in [1.165, 1.54) is 11.1 Å². The summed E-state index contributed by atoms with van der Waals surface area (Å²) in [5.74, 6) is 1.44. The largest absolute Gasteiger partial charge is 0.439 e. The third kappa shape index (κ3) is 4.07. The summed E-state index contributed by atoms with van der Waals surface area (Å²) in [5, 5.41) is 3.44. The standard InChI is InChI=1S/C17H22N2O/c1-4-11-18-14(3)15-7-10-17(19-12-15)20-16-8-5-13(2)6-9-16/h5-10,12,14,18H,4,11H2,1-3H3. The van der Waals surface area contributed by atoms with E-state index in [4.69, 9.17) is 4.74 Å². The van der Waals surface area contributed by atoms with Crippen molar-refractivity contribution < 1.29 is 4.74 Å². The minimum Gasteiger partial charge on any atom is -0.439 e. The van der Waals surface area contributed by atoms with Gasteiger partial charge in [-0.05, 0) is 44.5 Å². The van der Waals surface area contributed by atoms with Gasteiger partial charge in [0.05, 0.1) is 0 Å². The predicted octanol–water partition coefficient (Wildman–Crippen LogP) is 4.24. The Labute approximate surface area is 121 Å². The molecule has 0 aliphatic carbocycles. The summed E-state index contributed by atoms with van der Waals surface area (Å²) in [4.78, 5) is 4.36. The van der Waals surface area contributed by atoms with Crippen LogP contribution in [-0.2, 0) is 0 Å². The van der Waals surface area contributed by atoms with Gasteiger partial charge in [0.15, 0.2) is 0 Å². The van der Waals surface area contributed by atoms with Crippen LogP contribution in [0.5, 0.6) is 11.6 Å². The summed E-state index contributed by atoms with van der Waals surface area (Å²) < 4.78 is 5.72. The van der Waals surface area contributed by atoms with Crippen LogP contribution >= 0.6 is 0 Å². The first-order valence-electron chi connectivity index (χ1n) is 7.13. The van der Waals surface area contributed by atoms with E-state index >= 15 is 0 Å². The van der Waals surface area contributed by atoms with Crippen LogP contribution in [-0.4, -0.2) is 11.5 Å². The van der Waals surface area contributed by atoms with Gasteiger partial charge >= 0.3 is 0 Å². The van der Waals surface area contributed by atoms with Crippen molar-refractivity contribution in [1.82, 2.24) is 10.3 Å². The number of hydrogen-bond acceptors (Lipinski definition) is 3. The number of nitrogens with zero attached hydrogens (tertiary/aromatic N) is 1. The van der Waals surface area contributed by atoms with E-state index in [1.807, 2.05) is 36.5 Å². The summed E-state index contributed by atoms with van der Waals surface area (Å²) in [5.41, 5.74) is 2.39. The molecule has 0 radical (unpaired) electrons. The average molecular weight is 270 g/mol. The molecule has 3 nitrogen and oxygen atoms in total. The zero-order valence-corrected chi connectivity index (χ0v) is 12.4. The first-order chi connectivity index (χ1) is 9.69. The van der Waals surface area contributed by atoms with E-state index in [2.05, 4.69) is 37.1 Å². The zero-order chi connectivity index (χ0) is 14.4. The second-order valence-electron chi connectivity index (χ2n) is 5.02. The fourth-order valence-electron chi connectivity index (χ4n) is 1.91. The fraction of sp³-hybridized carbons (Fsp3) is 0.353. The normalized spacial score (nSPS) is 12.2. The molecule has 0 spiro atoms. The molecule has 2 rings (SSSR count). The predicted molar refractivity (Wildman–Crippen MR) is 82.2 cm³/mol. The van der Waals surface area contributed by atoms with E-state index in [-0.39, 0.29) is 0 Å². The molecule has 0 aliphatic heterocycles. The molecule has 20 heavy (non-hydrogen) atoms. The average Bonchev–Trinajstić information content (AvgIpc) is 2.48. The van der Waals surface area contributed by atoms with Gasteiger partial charge in [0.25, 0.3) is 0 Å². The number of nitrogens with one attached hydrogen (secondary N) is 1. The van der Waals surface area contributed by atoms with Gasteiger partial charge in [-0.3, -0.25) is 0 Å². The highest BCUT2D eigenvalue weighted by atomic mass is 16.5. The molecule has 0 amide bonds. The summed E-state index contributed by atoms with van der Waals surface area (Å²) in [6, 6.07) is 12.3. The Morgan fingerprint density at radius 1 is 1.15 bits per heavy atom. The first-order valence-corrected chi connectivity index (χ1v) is 7.13. The SMILES string of the molecule is CCCNC(C)c1ccc(Oc2ccc(C)cc2)nc1. The van der Waals surface area contributed by atoms with Crippen LogP contribution in [0.1, 0.15) is 37.4 Å². The van der Waals surface area contributed by atoms with Crippen molar-refractivity contribution >= 4 is 0 Å². The molecule has 2 aromatic rings. The Hall–Kier alpha value is -1.87. The summed E-state index contributed by atoms with van der Waals surface area (Å²) in [6.07, 6.45) is 3.00. The zero-order valence-electron chi connectivity index (χ0n) is 12.4. The molecule has 1 aromatic carbocycles. The van der Waals surface area contributed by atoms with E-state index < -0.39 is 0 Å². The van der Waals surface area contributed by atoms with Gasteiger partial charge in [0.1, 0.15) is 5.75 Å². The van der Waals surface area contributed by atoms with Crippen molar-refractivity contribution in [2.45, 2.75) is 33.2 Å². The summed E-state index contributed by atoms with van der Waals surface area (Å²) >= 11 is 0. The lowest BCUT2D eigenvalue weighted by molar-refractivity contribution is 0.461. The second kappa shape index (κ2) is 7.06. The van der Waals surface area contributed by atoms with Gasteiger partial charge in [-0.2, -0.15) is 0 Å². The molecule has 1 N–H and O–H groups in total. The Kier molecular flexibility index (Phi) is 5.13. The second-order valence-corrected chi connectivity index (χ2v) is 5.02. The highest BCUT2D eigenvalue weighted by molar-refractivity contribution is 5.30. The van der Waals surface area contributed by atoms with Crippen molar-refractivity contribution in [2.75, 3.05) is 6.54 Å². The smallest absolute Gasteiger partial charge is 0.219 e. The maximum Gasteiger partial charge on any atom is 0.219 e. The molecule has 1 unspecified atom stereocenters. The number of hydrogen-bond donors (Lipinski definition) is 1. The number of pyridine rings is 1. The molecule has 0 aliphatic rings. The number of benzene rings is 1. The highest BCUT2D eigenvalue weighted by Gasteiger charge is 2.05.